The fourth-order valence-electron chi connectivity index (χ4n) is 2.65. The zero-order valence-electron chi connectivity index (χ0n) is 19.1. The van der Waals surface area contributed by atoms with Crippen LogP contribution in [0.4, 0.5) is 0 Å². The van der Waals surface area contributed by atoms with E-state index in [1.54, 1.807) is 18.7 Å². The summed E-state index contributed by atoms with van der Waals surface area (Å²) < 4.78 is 11.2. The van der Waals surface area contributed by atoms with Crippen molar-refractivity contribution in [1.82, 2.24) is 0 Å². The first-order valence-electron chi connectivity index (χ1n) is 10.2. The second-order valence-electron chi connectivity index (χ2n) is 8.05. The molecule has 2 atom stereocenters. The minimum Gasteiger partial charge on any atom is -0.455 e. The predicted molar refractivity (Wildman–Crippen MR) is 135 cm³/mol. The monoisotopic (exact) mass is 534 g/mol. The van der Waals surface area contributed by atoms with Crippen molar-refractivity contribution in [1.29, 1.82) is 0 Å². The van der Waals surface area contributed by atoms with E-state index in [1.165, 1.54) is 11.1 Å². The number of alkyl halides is 4. The number of ether oxygens (including phenoxy) is 2. The van der Waals surface area contributed by atoms with E-state index in [1.807, 2.05) is 13.8 Å². The number of carbonyl (C=O) groups excluding carboxylic acids is 2. The second kappa shape index (κ2) is 15.7. The Morgan fingerprint density at radius 2 is 1.55 bits per heavy atom. The lowest BCUT2D eigenvalue weighted by atomic mass is 9.92. The number of halogens is 4. The summed E-state index contributed by atoms with van der Waals surface area (Å²) in [5.41, 5.74) is 1.36. The van der Waals surface area contributed by atoms with Crippen molar-refractivity contribution in [2.45, 2.75) is 93.9 Å². The number of hydrogen-bond acceptors (Lipinski definition) is 5. The molecule has 0 N–H and O–H groups in total. The van der Waals surface area contributed by atoms with Gasteiger partial charge in [0, 0.05) is 5.75 Å². The predicted octanol–water partition coefficient (Wildman–Crippen LogP) is 7.42. The molecule has 0 spiro atoms. The maximum absolute atomic E-state index is 12.2. The molecule has 0 aliphatic heterocycles. The summed E-state index contributed by atoms with van der Waals surface area (Å²) in [7, 11) is 0. The summed E-state index contributed by atoms with van der Waals surface area (Å²) in [6, 6.07) is 0. The third kappa shape index (κ3) is 13.9. The average molecular weight is 536 g/mol. The molecular weight excluding hydrogens is 502 g/mol. The Balaban J connectivity index is 5.56. The summed E-state index contributed by atoms with van der Waals surface area (Å²) in [6.45, 7) is 12.0. The largest absolute Gasteiger partial charge is 0.455 e. The Morgan fingerprint density at radius 3 is 2.03 bits per heavy atom. The van der Waals surface area contributed by atoms with Gasteiger partial charge in [0.2, 0.25) is 9.67 Å². The number of esters is 2. The van der Waals surface area contributed by atoms with Gasteiger partial charge in [-0.05, 0) is 58.6 Å². The lowest BCUT2D eigenvalue weighted by Gasteiger charge is -2.37. The highest BCUT2D eigenvalue weighted by molar-refractivity contribution is 7.99. The van der Waals surface area contributed by atoms with E-state index in [4.69, 9.17) is 55.9 Å². The molecule has 0 aliphatic carbocycles. The summed E-state index contributed by atoms with van der Waals surface area (Å²) in [5.74, 6) is -1.19. The number of allylic oxidation sites excluding steroid dienone is 4. The Labute approximate surface area is 211 Å². The molecule has 9 heteroatoms. The van der Waals surface area contributed by atoms with Gasteiger partial charge in [-0.3, -0.25) is 0 Å². The Kier molecular flexibility index (Phi) is 15.7. The van der Waals surface area contributed by atoms with E-state index in [2.05, 4.69) is 32.9 Å². The third-order valence-electron chi connectivity index (χ3n) is 4.44. The highest BCUT2D eigenvalue weighted by Crippen LogP contribution is 2.31. The molecule has 0 radical (unpaired) electrons. The van der Waals surface area contributed by atoms with Crippen molar-refractivity contribution in [3.05, 3.63) is 23.3 Å². The molecule has 0 aromatic carbocycles. The van der Waals surface area contributed by atoms with Crippen LogP contribution >= 0.6 is 58.2 Å². The Hall–Kier alpha value is -0.0700. The quantitative estimate of drug-likeness (QED) is 0.131. The average Bonchev–Trinajstić information content (AvgIpc) is 2.63. The van der Waals surface area contributed by atoms with Crippen molar-refractivity contribution in [2.24, 2.45) is 0 Å². The maximum Gasteiger partial charge on any atom is 0.340 e. The van der Waals surface area contributed by atoms with Crippen LogP contribution in [0.2, 0.25) is 0 Å². The Morgan fingerprint density at radius 1 is 0.968 bits per heavy atom. The van der Waals surface area contributed by atoms with Crippen molar-refractivity contribution < 1.29 is 19.1 Å². The normalized spacial score (nSPS) is 15.1. The fourth-order valence-corrected chi connectivity index (χ4v) is 3.83. The van der Waals surface area contributed by atoms with Gasteiger partial charge >= 0.3 is 11.9 Å². The van der Waals surface area contributed by atoms with Crippen LogP contribution in [0.25, 0.3) is 0 Å². The van der Waals surface area contributed by atoms with Gasteiger partial charge in [0.15, 0.2) is 6.10 Å². The highest BCUT2D eigenvalue weighted by atomic mass is 35.5. The van der Waals surface area contributed by atoms with E-state index in [-0.39, 0.29) is 5.25 Å². The van der Waals surface area contributed by atoms with Crippen molar-refractivity contribution >= 4 is 70.1 Å². The minimum atomic E-state index is -1.34. The Bertz CT molecular complexity index is 631. The number of carbonyl (C=O) groups is 2. The van der Waals surface area contributed by atoms with Crippen LogP contribution in [0.15, 0.2) is 23.3 Å². The molecule has 0 bridgehead atoms. The summed E-state index contributed by atoms with van der Waals surface area (Å²) in [5, 5.41) is 0.273. The molecule has 180 valence electrons. The molecule has 0 fully saturated rings. The smallest absolute Gasteiger partial charge is 0.340 e. The van der Waals surface area contributed by atoms with Gasteiger partial charge in [-0.25, -0.2) is 9.59 Å². The molecule has 0 saturated carbocycles. The van der Waals surface area contributed by atoms with Gasteiger partial charge in [-0.15, -0.1) is 0 Å². The van der Waals surface area contributed by atoms with E-state index in [0.29, 0.717) is 18.6 Å². The SMILES string of the molecule is CC(C)=CCC/C(C)=C/CC[C@@](C)(OC(=O)C(Cl)Cl)[C@@H](CSC(C)C)OC(=O)C(Cl)Cl. The van der Waals surface area contributed by atoms with Crippen molar-refractivity contribution in [3.63, 3.8) is 0 Å². The lowest BCUT2D eigenvalue weighted by Crippen LogP contribution is -2.49. The van der Waals surface area contributed by atoms with Gasteiger partial charge < -0.3 is 9.47 Å². The zero-order valence-corrected chi connectivity index (χ0v) is 22.9. The molecule has 0 aromatic rings. The first kappa shape index (κ1) is 30.9. The lowest BCUT2D eigenvalue weighted by molar-refractivity contribution is -0.180. The van der Waals surface area contributed by atoms with E-state index >= 15 is 0 Å². The topological polar surface area (TPSA) is 52.6 Å². The third-order valence-corrected chi connectivity index (χ3v) is 6.31. The molecule has 0 aliphatic rings. The van der Waals surface area contributed by atoms with Gasteiger partial charge in [-0.2, -0.15) is 11.8 Å². The van der Waals surface area contributed by atoms with Crippen LogP contribution in [0.3, 0.4) is 0 Å². The van der Waals surface area contributed by atoms with Crippen LogP contribution in [0, 0.1) is 0 Å². The van der Waals surface area contributed by atoms with Gasteiger partial charge in [0.1, 0.15) is 5.60 Å². The van der Waals surface area contributed by atoms with Crippen LogP contribution in [-0.2, 0) is 19.1 Å². The molecule has 0 saturated heterocycles. The molecular formula is C22H34Cl4O4S. The number of rotatable bonds is 14. The highest BCUT2D eigenvalue weighted by Gasteiger charge is 2.42. The first-order chi connectivity index (χ1) is 14.3. The molecule has 0 heterocycles. The van der Waals surface area contributed by atoms with E-state index in [9.17, 15) is 9.59 Å². The van der Waals surface area contributed by atoms with Crippen LogP contribution in [0.5, 0.6) is 0 Å². The summed E-state index contributed by atoms with van der Waals surface area (Å²) >= 11 is 24.3. The maximum atomic E-state index is 12.2. The number of hydrogen-bond donors (Lipinski definition) is 0. The molecule has 4 nitrogen and oxygen atoms in total. The molecule has 31 heavy (non-hydrogen) atoms. The molecule has 0 unspecified atom stereocenters. The minimum absolute atomic E-state index is 0.273. The van der Waals surface area contributed by atoms with Gasteiger partial charge in [-0.1, -0.05) is 83.5 Å². The van der Waals surface area contributed by atoms with Crippen LogP contribution in [-0.4, -0.2) is 44.3 Å². The van der Waals surface area contributed by atoms with Crippen LogP contribution in [0.1, 0.15) is 67.2 Å². The number of thioether (sulfide) groups is 1. The molecule has 0 amide bonds. The van der Waals surface area contributed by atoms with E-state index in [0.717, 1.165) is 12.8 Å². The van der Waals surface area contributed by atoms with Gasteiger partial charge in [0.05, 0.1) is 0 Å². The fraction of sp³-hybridized carbons (Fsp3) is 0.727. The second-order valence-corrected chi connectivity index (χ2v) is 11.9. The molecule has 0 aromatic heterocycles. The summed E-state index contributed by atoms with van der Waals surface area (Å²) in [6.07, 6.45) is 6.45. The van der Waals surface area contributed by atoms with E-state index < -0.39 is 33.3 Å². The van der Waals surface area contributed by atoms with Crippen molar-refractivity contribution in [2.75, 3.05) is 5.75 Å². The summed E-state index contributed by atoms with van der Waals surface area (Å²) in [4.78, 5) is 21.7. The van der Waals surface area contributed by atoms with Gasteiger partial charge in [0.25, 0.3) is 0 Å². The van der Waals surface area contributed by atoms with Crippen molar-refractivity contribution in [3.8, 4) is 0 Å². The zero-order chi connectivity index (χ0) is 24.2. The van der Waals surface area contributed by atoms with Crippen LogP contribution < -0.4 is 0 Å². The standard InChI is InChI=1S/C22H34Cl4O4S/c1-14(2)9-7-10-16(5)11-8-12-22(6,30-21(28)19(25)26)17(13-31-15(3)4)29-20(27)18(23)24/h9,11,15,17-19H,7-8,10,12-13H2,1-6H3/b16-11+/t17-,22-/m1/s1. The molecule has 0 rings (SSSR count). The first-order valence-corrected chi connectivity index (χ1v) is 13.0.